The number of hydrogen-bond acceptors (Lipinski definition) is 5. The van der Waals surface area contributed by atoms with E-state index < -0.39 is 12.2 Å². The van der Waals surface area contributed by atoms with Crippen LogP contribution in [0.4, 0.5) is 0 Å². The van der Waals surface area contributed by atoms with Gasteiger partial charge in [-0.2, -0.15) is 0 Å². The molecule has 0 aromatic rings. The Kier molecular flexibility index (Phi) is 11.2. The van der Waals surface area contributed by atoms with Crippen LogP contribution in [0, 0.1) is 23.7 Å². The van der Waals surface area contributed by atoms with Gasteiger partial charge in [-0.1, -0.05) is 50.9 Å². The molecule has 26 heavy (non-hydrogen) atoms. The summed E-state index contributed by atoms with van der Waals surface area (Å²) in [6, 6.07) is 0. The zero-order valence-corrected chi connectivity index (χ0v) is 16.2. The number of ether oxygens (including phenoxy) is 1. The Bertz CT molecular complexity index is 490. The molecule has 0 radical (unpaired) electrons. The molecule has 1 aliphatic carbocycles. The normalized spacial score (nSPS) is 23.4. The first-order valence-corrected chi connectivity index (χ1v) is 9.96. The molecular formula is C21H34O5. The number of Topliss-reactive ketones (excluding diaryl/α,β-unsaturated/α-hetero) is 1. The minimum absolute atomic E-state index is 0.0758. The highest BCUT2D eigenvalue weighted by Crippen LogP contribution is 2.33. The molecule has 4 atom stereocenters. The van der Waals surface area contributed by atoms with Gasteiger partial charge in [0.2, 0.25) is 0 Å². The van der Waals surface area contributed by atoms with Gasteiger partial charge in [0.1, 0.15) is 11.9 Å². The number of unbranched alkanes of at least 4 members (excludes halogenated alkanes) is 5. The summed E-state index contributed by atoms with van der Waals surface area (Å²) in [7, 11) is 1.39. The molecule has 1 aliphatic rings. The van der Waals surface area contributed by atoms with Crippen molar-refractivity contribution < 1.29 is 24.5 Å². The molecule has 148 valence electrons. The SMILES string of the molecule is CCCCC[C@@H](O)C#C[C@H]1[C@H](CCCCCCC(=O)OC)C(=O)C[C@@H]1O. The van der Waals surface area contributed by atoms with Gasteiger partial charge in [-0.15, -0.1) is 0 Å². The first-order valence-electron chi connectivity index (χ1n) is 9.96. The van der Waals surface area contributed by atoms with Crippen molar-refractivity contribution in [2.24, 2.45) is 11.8 Å². The molecule has 5 heteroatoms. The molecule has 0 bridgehead atoms. The van der Waals surface area contributed by atoms with Crippen LogP contribution in [0.2, 0.25) is 0 Å². The molecule has 0 amide bonds. The number of esters is 1. The number of hydrogen-bond donors (Lipinski definition) is 2. The highest BCUT2D eigenvalue weighted by atomic mass is 16.5. The lowest BCUT2D eigenvalue weighted by Gasteiger charge is -2.15. The van der Waals surface area contributed by atoms with Crippen LogP contribution in [-0.4, -0.2) is 41.3 Å². The van der Waals surface area contributed by atoms with Gasteiger partial charge in [0, 0.05) is 18.8 Å². The number of carbonyl (C=O) groups is 2. The molecule has 0 aliphatic heterocycles. The topological polar surface area (TPSA) is 83.8 Å². The van der Waals surface area contributed by atoms with E-state index >= 15 is 0 Å². The van der Waals surface area contributed by atoms with E-state index in [0.717, 1.165) is 44.9 Å². The fourth-order valence-corrected chi connectivity index (χ4v) is 3.43. The van der Waals surface area contributed by atoms with Crippen LogP contribution >= 0.6 is 0 Å². The van der Waals surface area contributed by atoms with Gasteiger partial charge in [-0.3, -0.25) is 9.59 Å². The number of carbonyl (C=O) groups excluding carboxylic acids is 2. The van der Waals surface area contributed by atoms with E-state index in [1.54, 1.807) is 0 Å². The molecule has 1 fully saturated rings. The minimum Gasteiger partial charge on any atom is -0.469 e. The number of ketones is 1. The smallest absolute Gasteiger partial charge is 0.305 e. The standard InChI is InChI=1S/C21H34O5/c1-3-4-7-10-16(22)13-14-18-17(19(23)15-20(18)24)11-8-5-6-9-12-21(25)26-2/h16-18,20,22,24H,3-12,15H2,1-2H3/t16-,17+,18+,20+/m1/s1. The third kappa shape index (κ3) is 8.33. The third-order valence-corrected chi connectivity index (χ3v) is 5.04. The number of aliphatic hydroxyl groups excluding tert-OH is 2. The molecule has 0 saturated heterocycles. The Balaban J connectivity index is 2.40. The molecule has 0 unspecified atom stereocenters. The number of aliphatic hydroxyl groups is 2. The highest BCUT2D eigenvalue weighted by molar-refractivity contribution is 5.84. The van der Waals surface area contributed by atoms with E-state index in [2.05, 4.69) is 23.5 Å². The van der Waals surface area contributed by atoms with Crippen molar-refractivity contribution in [2.75, 3.05) is 7.11 Å². The second-order valence-electron chi connectivity index (χ2n) is 7.20. The Labute approximate surface area is 157 Å². The first-order chi connectivity index (χ1) is 12.5. The van der Waals surface area contributed by atoms with Gasteiger partial charge in [0.05, 0.1) is 19.1 Å². The molecule has 0 aromatic heterocycles. The van der Waals surface area contributed by atoms with E-state index in [4.69, 9.17) is 0 Å². The van der Waals surface area contributed by atoms with Crippen molar-refractivity contribution in [3.05, 3.63) is 0 Å². The maximum atomic E-state index is 12.1. The van der Waals surface area contributed by atoms with Crippen LogP contribution in [-0.2, 0) is 14.3 Å². The average molecular weight is 366 g/mol. The van der Waals surface area contributed by atoms with Gasteiger partial charge >= 0.3 is 5.97 Å². The van der Waals surface area contributed by atoms with E-state index in [9.17, 15) is 19.8 Å². The average Bonchev–Trinajstić information content (AvgIpc) is 2.89. The molecular weight excluding hydrogens is 332 g/mol. The lowest BCUT2D eigenvalue weighted by atomic mass is 9.89. The quantitative estimate of drug-likeness (QED) is 0.334. The summed E-state index contributed by atoms with van der Waals surface area (Å²) in [6.45, 7) is 2.11. The van der Waals surface area contributed by atoms with E-state index in [-0.39, 0.29) is 30.0 Å². The zero-order valence-electron chi connectivity index (χ0n) is 16.2. The summed E-state index contributed by atoms with van der Waals surface area (Å²) in [5.74, 6) is 5.11. The van der Waals surface area contributed by atoms with Crippen molar-refractivity contribution in [3.8, 4) is 11.8 Å². The third-order valence-electron chi connectivity index (χ3n) is 5.04. The van der Waals surface area contributed by atoms with Gasteiger partial charge in [-0.05, 0) is 25.7 Å². The van der Waals surface area contributed by atoms with Crippen molar-refractivity contribution in [3.63, 3.8) is 0 Å². The maximum Gasteiger partial charge on any atom is 0.305 e. The Morgan fingerprint density at radius 2 is 1.96 bits per heavy atom. The summed E-state index contributed by atoms with van der Waals surface area (Å²) in [5, 5.41) is 20.1. The van der Waals surface area contributed by atoms with E-state index in [0.29, 0.717) is 19.3 Å². The number of rotatable bonds is 11. The van der Waals surface area contributed by atoms with Gasteiger partial charge in [-0.25, -0.2) is 0 Å². The number of methoxy groups -OCH3 is 1. The predicted molar refractivity (Wildman–Crippen MR) is 100 cm³/mol. The van der Waals surface area contributed by atoms with Crippen molar-refractivity contribution in [1.29, 1.82) is 0 Å². The fraction of sp³-hybridized carbons (Fsp3) is 0.810. The van der Waals surface area contributed by atoms with Crippen LogP contribution in [0.3, 0.4) is 0 Å². The van der Waals surface area contributed by atoms with Crippen LogP contribution in [0.15, 0.2) is 0 Å². The highest BCUT2D eigenvalue weighted by Gasteiger charge is 2.40. The monoisotopic (exact) mass is 366 g/mol. The van der Waals surface area contributed by atoms with Crippen LogP contribution < -0.4 is 0 Å². The molecule has 5 nitrogen and oxygen atoms in total. The molecule has 0 aromatic carbocycles. The molecule has 1 rings (SSSR count). The predicted octanol–water partition coefficient (Wildman–Crippen LogP) is 3.01. The lowest BCUT2D eigenvalue weighted by molar-refractivity contribution is -0.140. The van der Waals surface area contributed by atoms with E-state index in [1.165, 1.54) is 7.11 Å². The fourth-order valence-electron chi connectivity index (χ4n) is 3.43. The summed E-state index contributed by atoms with van der Waals surface area (Å²) in [4.78, 5) is 23.2. The summed E-state index contributed by atoms with van der Waals surface area (Å²) in [5.41, 5.74) is 0. The lowest BCUT2D eigenvalue weighted by Crippen LogP contribution is -2.19. The van der Waals surface area contributed by atoms with E-state index in [1.807, 2.05) is 0 Å². The largest absolute Gasteiger partial charge is 0.469 e. The second-order valence-corrected chi connectivity index (χ2v) is 7.20. The Hall–Kier alpha value is -1.38. The molecule has 1 saturated carbocycles. The molecule has 0 heterocycles. The van der Waals surface area contributed by atoms with Gasteiger partial charge in [0.15, 0.2) is 0 Å². The van der Waals surface area contributed by atoms with Crippen molar-refractivity contribution in [1.82, 2.24) is 0 Å². The van der Waals surface area contributed by atoms with Crippen LogP contribution in [0.25, 0.3) is 0 Å². The van der Waals surface area contributed by atoms with Crippen LogP contribution in [0.5, 0.6) is 0 Å². The molecule has 0 spiro atoms. The Morgan fingerprint density at radius 3 is 2.65 bits per heavy atom. The Morgan fingerprint density at radius 1 is 1.23 bits per heavy atom. The minimum atomic E-state index is -0.720. The summed E-state index contributed by atoms with van der Waals surface area (Å²) >= 11 is 0. The summed E-state index contributed by atoms with van der Waals surface area (Å²) < 4.78 is 4.61. The summed E-state index contributed by atoms with van der Waals surface area (Å²) in [6.07, 6.45) is 7.18. The second kappa shape index (κ2) is 12.9. The van der Waals surface area contributed by atoms with Crippen LogP contribution in [0.1, 0.15) is 77.6 Å². The first kappa shape index (κ1) is 22.7. The maximum absolute atomic E-state index is 12.1. The molecule has 2 N–H and O–H groups in total. The van der Waals surface area contributed by atoms with Gasteiger partial charge in [0.25, 0.3) is 0 Å². The van der Waals surface area contributed by atoms with Gasteiger partial charge < -0.3 is 14.9 Å². The van der Waals surface area contributed by atoms with Crippen molar-refractivity contribution in [2.45, 2.75) is 89.8 Å². The zero-order chi connectivity index (χ0) is 19.4. The van der Waals surface area contributed by atoms with Crippen molar-refractivity contribution >= 4 is 11.8 Å².